The molecule has 1 atom stereocenters. The topological polar surface area (TPSA) is 44.8 Å². The predicted octanol–water partition coefficient (Wildman–Crippen LogP) is 4.36. The first-order valence-corrected chi connectivity index (χ1v) is 9.01. The zero-order chi connectivity index (χ0) is 16.5. The summed E-state index contributed by atoms with van der Waals surface area (Å²) in [5, 5.41) is 0. The molecule has 4 heteroatoms. The van der Waals surface area contributed by atoms with Gasteiger partial charge in [0.2, 0.25) is 0 Å². The van der Waals surface area contributed by atoms with Gasteiger partial charge in [-0.1, -0.05) is 59.3 Å². The lowest BCUT2D eigenvalue weighted by atomic mass is 10.1. The molecule has 0 saturated carbocycles. The molecule has 0 fully saturated rings. The molecule has 0 aliphatic rings. The fraction of sp³-hybridized carbons (Fsp3) is 0.944. The molecule has 0 radical (unpaired) electrons. The molecule has 0 N–H and O–H groups in total. The second kappa shape index (κ2) is 16.8. The number of carbonyl (C=O) groups excluding carboxylic acids is 1. The summed E-state index contributed by atoms with van der Waals surface area (Å²) in [5.41, 5.74) is 0. The first-order chi connectivity index (χ1) is 10.7. The lowest BCUT2D eigenvalue weighted by molar-refractivity contribution is -0.145. The average molecular weight is 316 g/mol. The van der Waals surface area contributed by atoms with E-state index >= 15 is 0 Å². The predicted molar refractivity (Wildman–Crippen MR) is 90.0 cm³/mol. The fourth-order valence-corrected chi connectivity index (χ4v) is 1.96. The van der Waals surface area contributed by atoms with Crippen LogP contribution in [0.5, 0.6) is 0 Å². The molecule has 132 valence electrons. The van der Waals surface area contributed by atoms with Gasteiger partial charge in [0, 0.05) is 13.0 Å². The van der Waals surface area contributed by atoms with Crippen LogP contribution in [0.1, 0.15) is 72.1 Å². The molecule has 0 aromatic heterocycles. The van der Waals surface area contributed by atoms with Crippen LogP contribution in [0.15, 0.2) is 0 Å². The van der Waals surface area contributed by atoms with Crippen LogP contribution < -0.4 is 0 Å². The van der Waals surface area contributed by atoms with E-state index in [1.807, 2.05) is 0 Å². The number of esters is 1. The van der Waals surface area contributed by atoms with Gasteiger partial charge in [0.15, 0.2) is 0 Å². The van der Waals surface area contributed by atoms with Crippen molar-refractivity contribution in [3.05, 3.63) is 0 Å². The van der Waals surface area contributed by atoms with Gasteiger partial charge < -0.3 is 14.2 Å². The second-order valence-electron chi connectivity index (χ2n) is 5.94. The Morgan fingerprint density at radius 3 is 2.23 bits per heavy atom. The standard InChI is InChI=1S/C18H36O4/c1-4-6-7-8-9-10-11-18(19)22-15-14-20-12-13-21-16-17(3)5-2/h17H,4-16H2,1-3H3. The van der Waals surface area contributed by atoms with Crippen LogP contribution in [-0.2, 0) is 19.0 Å². The molecule has 0 amide bonds. The van der Waals surface area contributed by atoms with Crippen molar-refractivity contribution in [3.63, 3.8) is 0 Å². The molecular formula is C18H36O4. The van der Waals surface area contributed by atoms with E-state index < -0.39 is 0 Å². The summed E-state index contributed by atoms with van der Waals surface area (Å²) >= 11 is 0. The summed E-state index contributed by atoms with van der Waals surface area (Å²) < 4.78 is 16.0. The molecule has 22 heavy (non-hydrogen) atoms. The molecule has 0 aliphatic heterocycles. The van der Waals surface area contributed by atoms with Crippen molar-refractivity contribution >= 4 is 5.97 Å². The lowest BCUT2D eigenvalue weighted by Crippen LogP contribution is -2.14. The largest absolute Gasteiger partial charge is 0.463 e. The summed E-state index contributed by atoms with van der Waals surface area (Å²) in [5.74, 6) is 0.495. The van der Waals surface area contributed by atoms with Gasteiger partial charge in [0.05, 0.1) is 19.8 Å². The molecule has 0 aliphatic carbocycles. The summed E-state index contributed by atoms with van der Waals surface area (Å²) in [6, 6.07) is 0. The number of unbranched alkanes of at least 4 members (excludes halogenated alkanes) is 5. The van der Waals surface area contributed by atoms with Crippen molar-refractivity contribution in [1.82, 2.24) is 0 Å². The monoisotopic (exact) mass is 316 g/mol. The Labute approximate surface area is 136 Å². The van der Waals surface area contributed by atoms with Crippen molar-refractivity contribution in [2.45, 2.75) is 72.1 Å². The molecular weight excluding hydrogens is 280 g/mol. The number of rotatable bonds is 16. The molecule has 1 unspecified atom stereocenters. The Hall–Kier alpha value is -0.610. The summed E-state index contributed by atoms with van der Waals surface area (Å²) in [7, 11) is 0. The highest BCUT2D eigenvalue weighted by atomic mass is 16.6. The Morgan fingerprint density at radius 1 is 0.864 bits per heavy atom. The van der Waals surface area contributed by atoms with E-state index in [2.05, 4.69) is 20.8 Å². The second-order valence-corrected chi connectivity index (χ2v) is 5.94. The van der Waals surface area contributed by atoms with Gasteiger partial charge in [-0.25, -0.2) is 0 Å². The highest BCUT2D eigenvalue weighted by molar-refractivity contribution is 5.69. The fourth-order valence-electron chi connectivity index (χ4n) is 1.96. The third kappa shape index (κ3) is 15.8. The van der Waals surface area contributed by atoms with Crippen LogP contribution in [0, 0.1) is 5.92 Å². The molecule has 4 nitrogen and oxygen atoms in total. The molecule has 0 heterocycles. The molecule has 0 aromatic rings. The van der Waals surface area contributed by atoms with Gasteiger partial charge in [-0.3, -0.25) is 4.79 Å². The highest BCUT2D eigenvalue weighted by Crippen LogP contribution is 2.07. The van der Waals surface area contributed by atoms with E-state index in [4.69, 9.17) is 14.2 Å². The molecule has 0 aromatic carbocycles. The Balaban J connectivity index is 3.18. The van der Waals surface area contributed by atoms with Crippen molar-refractivity contribution in [1.29, 1.82) is 0 Å². The van der Waals surface area contributed by atoms with Crippen LogP contribution in [0.2, 0.25) is 0 Å². The third-order valence-electron chi connectivity index (χ3n) is 3.70. The van der Waals surface area contributed by atoms with E-state index in [0.29, 0.717) is 38.8 Å². The zero-order valence-corrected chi connectivity index (χ0v) is 14.9. The minimum atomic E-state index is -0.105. The van der Waals surface area contributed by atoms with Crippen LogP contribution in [-0.4, -0.2) is 39.0 Å². The quantitative estimate of drug-likeness (QED) is 0.313. The molecule has 0 rings (SSSR count). The van der Waals surface area contributed by atoms with E-state index in [0.717, 1.165) is 25.9 Å². The van der Waals surface area contributed by atoms with Gasteiger partial charge in [-0.05, 0) is 12.3 Å². The van der Waals surface area contributed by atoms with Gasteiger partial charge in [-0.2, -0.15) is 0 Å². The summed E-state index contributed by atoms with van der Waals surface area (Å²) in [4.78, 5) is 11.5. The van der Waals surface area contributed by atoms with Crippen LogP contribution in [0.4, 0.5) is 0 Å². The Bertz CT molecular complexity index is 243. The average Bonchev–Trinajstić information content (AvgIpc) is 2.52. The minimum absolute atomic E-state index is 0.105. The smallest absolute Gasteiger partial charge is 0.305 e. The van der Waals surface area contributed by atoms with E-state index in [1.54, 1.807) is 0 Å². The van der Waals surface area contributed by atoms with E-state index in [-0.39, 0.29) is 5.97 Å². The van der Waals surface area contributed by atoms with E-state index in [9.17, 15) is 4.79 Å². The van der Waals surface area contributed by atoms with E-state index in [1.165, 1.54) is 25.7 Å². The minimum Gasteiger partial charge on any atom is -0.463 e. The van der Waals surface area contributed by atoms with Crippen molar-refractivity contribution in [2.24, 2.45) is 5.92 Å². The third-order valence-corrected chi connectivity index (χ3v) is 3.70. The highest BCUT2D eigenvalue weighted by Gasteiger charge is 2.02. The van der Waals surface area contributed by atoms with Crippen molar-refractivity contribution < 1.29 is 19.0 Å². The SMILES string of the molecule is CCCCCCCCC(=O)OCCOCCOCC(C)CC. The Kier molecular flexibility index (Phi) is 16.3. The summed E-state index contributed by atoms with van der Waals surface area (Å²) in [6.45, 7) is 9.29. The number of hydrogen-bond acceptors (Lipinski definition) is 4. The number of hydrogen-bond donors (Lipinski definition) is 0. The number of ether oxygens (including phenoxy) is 3. The maximum Gasteiger partial charge on any atom is 0.305 e. The summed E-state index contributed by atoms with van der Waals surface area (Å²) in [6.07, 6.45) is 8.78. The van der Waals surface area contributed by atoms with Gasteiger partial charge >= 0.3 is 5.97 Å². The maximum atomic E-state index is 11.5. The Morgan fingerprint density at radius 2 is 1.50 bits per heavy atom. The van der Waals surface area contributed by atoms with Crippen LogP contribution in [0.3, 0.4) is 0 Å². The first kappa shape index (κ1) is 21.4. The van der Waals surface area contributed by atoms with Crippen LogP contribution >= 0.6 is 0 Å². The molecule has 0 spiro atoms. The molecule has 0 saturated heterocycles. The first-order valence-electron chi connectivity index (χ1n) is 9.01. The van der Waals surface area contributed by atoms with Gasteiger partial charge in [0.25, 0.3) is 0 Å². The van der Waals surface area contributed by atoms with Crippen molar-refractivity contribution in [3.8, 4) is 0 Å². The maximum absolute atomic E-state index is 11.5. The van der Waals surface area contributed by atoms with Gasteiger partial charge in [0.1, 0.15) is 6.61 Å². The zero-order valence-electron chi connectivity index (χ0n) is 14.9. The van der Waals surface area contributed by atoms with Gasteiger partial charge in [-0.15, -0.1) is 0 Å². The normalized spacial score (nSPS) is 12.3. The van der Waals surface area contributed by atoms with Crippen molar-refractivity contribution in [2.75, 3.05) is 33.0 Å². The van der Waals surface area contributed by atoms with Crippen LogP contribution in [0.25, 0.3) is 0 Å². The lowest BCUT2D eigenvalue weighted by Gasteiger charge is -2.10. The molecule has 0 bridgehead atoms. The number of carbonyl (C=O) groups is 1.